The Morgan fingerprint density at radius 1 is 1.24 bits per heavy atom. The molecule has 1 aromatic carbocycles. The molecule has 1 heterocycles. The second-order valence-electron chi connectivity index (χ2n) is 6.70. The number of amides is 1. The summed E-state index contributed by atoms with van der Waals surface area (Å²) in [5.74, 6) is 0.713. The van der Waals surface area contributed by atoms with E-state index < -0.39 is 0 Å². The highest BCUT2D eigenvalue weighted by Gasteiger charge is 2.22. The molecule has 1 atom stereocenters. The highest BCUT2D eigenvalue weighted by atomic mass is 16.5. The van der Waals surface area contributed by atoms with Gasteiger partial charge in [0.15, 0.2) is 0 Å². The third-order valence-corrected chi connectivity index (χ3v) is 4.64. The molecule has 0 aliphatic carbocycles. The molecule has 0 radical (unpaired) electrons. The Labute approximate surface area is 151 Å². The highest BCUT2D eigenvalue weighted by molar-refractivity contribution is 5.75. The third kappa shape index (κ3) is 8.47. The molecule has 1 saturated heterocycles. The lowest BCUT2D eigenvalue weighted by Gasteiger charge is -2.15. The largest absolute Gasteiger partial charge is 0.383 e. The smallest absolute Gasteiger partial charge is 0.220 e. The molecule has 0 spiro atoms. The van der Waals surface area contributed by atoms with E-state index in [1.807, 2.05) is 18.2 Å². The van der Waals surface area contributed by atoms with Crippen molar-refractivity contribution in [3.05, 3.63) is 35.9 Å². The molecular weight excluding hydrogens is 316 g/mol. The lowest BCUT2D eigenvalue weighted by Crippen LogP contribution is -2.31. The van der Waals surface area contributed by atoms with Crippen LogP contribution in [0.2, 0.25) is 0 Å². The Bertz CT molecular complexity index is 481. The fourth-order valence-corrected chi connectivity index (χ4v) is 3.12. The van der Waals surface area contributed by atoms with Crippen LogP contribution in [0, 0.1) is 5.92 Å². The predicted molar refractivity (Wildman–Crippen MR) is 99.6 cm³/mol. The number of methoxy groups -OCH3 is 1. The number of hydrogen-bond acceptors (Lipinski definition) is 4. The van der Waals surface area contributed by atoms with Gasteiger partial charge in [-0.25, -0.2) is 0 Å². The van der Waals surface area contributed by atoms with E-state index in [9.17, 15) is 4.79 Å². The van der Waals surface area contributed by atoms with Crippen molar-refractivity contribution in [3.8, 4) is 0 Å². The van der Waals surface area contributed by atoms with Crippen LogP contribution in [-0.4, -0.2) is 63.9 Å². The fraction of sp³-hybridized carbons (Fsp3) is 0.650. The number of ether oxygens (including phenoxy) is 2. The number of nitrogens with one attached hydrogen (secondary N) is 1. The van der Waals surface area contributed by atoms with Gasteiger partial charge in [-0.1, -0.05) is 30.3 Å². The molecule has 25 heavy (non-hydrogen) atoms. The number of likely N-dealkylation sites (tertiary alicyclic amines) is 1. The summed E-state index contributed by atoms with van der Waals surface area (Å²) in [4.78, 5) is 14.3. The summed E-state index contributed by atoms with van der Waals surface area (Å²) in [6.07, 6.45) is 3.41. The highest BCUT2D eigenvalue weighted by Crippen LogP contribution is 2.14. The number of carbonyl (C=O) groups is 1. The van der Waals surface area contributed by atoms with Crippen molar-refractivity contribution in [1.82, 2.24) is 10.2 Å². The average molecular weight is 348 g/mol. The van der Waals surface area contributed by atoms with Crippen LogP contribution in [0.15, 0.2) is 30.3 Å². The van der Waals surface area contributed by atoms with Gasteiger partial charge in [0, 0.05) is 39.8 Å². The quantitative estimate of drug-likeness (QED) is 0.588. The zero-order valence-electron chi connectivity index (χ0n) is 15.4. The van der Waals surface area contributed by atoms with E-state index >= 15 is 0 Å². The van der Waals surface area contributed by atoms with Crippen molar-refractivity contribution in [2.24, 2.45) is 5.92 Å². The Morgan fingerprint density at radius 3 is 2.88 bits per heavy atom. The van der Waals surface area contributed by atoms with Gasteiger partial charge >= 0.3 is 0 Å². The van der Waals surface area contributed by atoms with Crippen LogP contribution < -0.4 is 5.32 Å². The average Bonchev–Trinajstić information content (AvgIpc) is 3.10. The van der Waals surface area contributed by atoms with Gasteiger partial charge < -0.3 is 19.7 Å². The third-order valence-electron chi connectivity index (χ3n) is 4.64. The second kappa shape index (κ2) is 12.0. The van der Waals surface area contributed by atoms with Crippen molar-refractivity contribution in [3.63, 3.8) is 0 Å². The maximum Gasteiger partial charge on any atom is 0.220 e. The SMILES string of the molecule is COCCN1CC[C@H](CNC(=O)CCCOCCc2ccccc2)C1. The molecule has 1 amide bonds. The van der Waals surface area contributed by atoms with Crippen molar-refractivity contribution < 1.29 is 14.3 Å². The minimum atomic E-state index is 0.141. The van der Waals surface area contributed by atoms with E-state index in [2.05, 4.69) is 22.3 Å². The Morgan fingerprint density at radius 2 is 2.08 bits per heavy atom. The number of hydrogen-bond donors (Lipinski definition) is 1. The Hall–Kier alpha value is -1.43. The summed E-state index contributed by atoms with van der Waals surface area (Å²) in [5, 5.41) is 3.07. The van der Waals surface area contributed by atoms with Gasteiger partial charge in [-0.05, 0) is 37.3 Å². The molecule has 1 N–H and O–H groups in total. The molecule has 5 heteroatoms. The summed E-state index contributed by atoms with van der Waals surface area (Å²) >= 11 is 0. The van der Waals surface area contributed by atoms with Crippen LogP contribution in [0.25, 0.3) is 0 Å². The fourth-order valence-electron chi connectivity index (χ4n) is 3.12. The summed E-state index contributed by atoms with van der Waals surface area (Å²) in [5.41, 5.74) is 1.29. The van der Waals surface area contributed by atoms with Crippen LogP contribution in [-0.2, 0) is 20.7 Å². The molecule has 1 aliphatic rings. The second-order valence-corrected chi connectivity index (χ2v) is 6.70. The van der Waals surface area contributed by atoms with E-state index in [0.717, 1.165) is 52.0 Å². The number of rotatable bonds is 12. The predicted octanol–water partition coefficient (Wildman–Crippen LogP) is 2.11. The lowest BCUT2D eigenvalue weighted by molar-refractivity contribution is -0.121. The summed E-state index contributed by atoms with van der Waals surface area (Å²) in [6.45, 7) is 6.09. The molecule has 5 nitrogen and oxygen atoms in total. The van der Waals surface area contributed by atoms with Crippen LogP contribution in [0.1, 0.15) is 24.8 Å². The van der Waals surface area contributed by atoms with Crippen molar-refractivity contribution >= 4 is 5.91 Å². The van der Waals surface area contributed by atoms with Gasteiger partial charge in [-0.2, -0.15) is 0 Å². The molecule has 140 valence electrons. The first-order chi connectivity index (χ1) is 12.3. The van der Waals surface area contributed by atoms with Gasteiger partial charge in [0.05, 0.1) is 13.2 Å². The molecule has 0 bridgehead atoms. The first-order valence-corrected chi connectivity index (χ1v) is 9.37. The molecule has 1 aliphatic heterocycles. The van der Waals surface area contributed by atoms with Crippen LogP contribution in [0.5, 0.6) is 0 Å². The molecule has 2 rings (SSSR count). The number of carbonyl (C=O) groups excluding carboxylic acids is 1. The maximum absolute atomic E-state index is 11.9. The zero-order valence-corrected chi connectivity index (χ0v) is 15.4. The maximum atomic E-state index is 11.9. The number of benzene rings is 1. The van der Waals surface area contributed by atoms with E-state index in [1.165, 1.54) is 5.56 Å². The topological polar surface area (TPSA) is 50.8 Å². The minimum absolute atomic E-state index is 0.141. The molecule has 0 aromatic heterocycles. The Kier molecular flexibility index (Phi) is 9.55. The lowest BCUT2D eigenvalue weighted by atomic mass is 10.1. The first-order valence-electron chi connectivity index (χ1n) is 9.37. The molecule has 1 fully saturated rings. The molecule has 0 unspecified atom stereocenters. The van der Waals surface area contributed by atoms with E-state index in [0.29, 0.717) is 25.6 Å². The van der Waals surface area contributed by atoms with E-state index in [1.54, 1.807) is 7.11 Å². The van der Waals surface area contributed by atoms with E-state index in [4.69, 9.17) is 9.47 Å². The summed E-state index contributed by atoms with van der Waals surface area (Å²) in [7, 11) is 1.74. The van der Waals surface area contributed by atoms with Gasteiger partial charge in [-0.15, -0.1) is 0 Å². The van der Waals surface area contributed by atoms with Crippen LogP contribution >= 0.6 is 0 Å². The van der Waals surface area contributed by atoms with Gasteiger partial charge in [0.1, 0.15) is 0 Å². The monoisotopic (exact) mass is 348 g/mol. The zero-order chi connectivity index (χ0) is 17.7. The van der Waals surface area contributed by atoms with Crippen LogP contribution in [0.4, 0.5) is 0 Å². The van der Waals surface area contributed by atoms with Crippen molar-refractivity contribution in [2.75, 3.05) is 53.1 Å². The first kappa shape index (κ1) is 19.9. The van der Waals surface area contributed by atoms with Gasteiger partial charge in [-0.3, -0.25) is 4.79 Å². The molecular formula is C20H32N2O3. The van der Waals surface area contributed by atoms with Gasteiger partial charge in [0.2, 0.25) is 5.91 Å². The summed E-state index contributed by atoms with van der Waals surface area (Å²) < 4.78 is 10.7. The summed E-state index contributed by atoms with van der Waals surface area (Å²) in [6, 6.07) is 10.3. The normalized spacial score (nSPS) is 17.7. The van der Waals surface area contributed by atoms with Gasteiger partial charge in [0.25, 0.3) is 0 Å². The minimum Gasteiger partial charge on any atom is -0.383 e. The van der Waals surface area contributed by atoms with Crippen LogP contribution in [0.3, 0.4) is 0 Å². The van der Waals surface area contributed by atoms with Crippen molar-refractivity contribution in [1.29, 1.82) is 0 Å². The standard InChI is InChI=1S/C20H32N2O3/c1-24-15-12-22-11-9-19(17-22)16-21-20(23)8-5-13-25-14-10-18-6-3-2-4-7-18/h2-4,6-7,19H,5,8-17H2,1H3,(H,21,23)/t19-/m1/s1. The number of nitrogens with zero attached hydrogens (tertiary/aromatic N) is 1. The van der Waals surface area contributed by atoms with Crippen molar-refractivity contribution in [2.45, 2.75) is 25.7 Å². The van der Waals surface area contributed by atoms with E-state index in [-0.39, 0.29) is 5.91 Å². The molecule has 1 aromatic rings. The Balaban J connectivity index is 1.44. The molecule has 0 saturated carbocycles.